The van der Waals surface area contributed by atoms with Crippen molar-refractivity contribution in [3.63, 3.8) is 0 Å². The summed E-state index contributed by atoms with van der Waals surface area (Å²) in [6.45, 7) is 4.28. The summed E-state index contributed by atoms with van der Waals surface area (Å²) in [5.41, 5.74) is 3.65. The molecular weight excluding hydrogens is 400 g/mol. The highest BCUT2D eigenvalue weighted by molar-refractivity contribution is 5.92. The second kappa shape index (κ2) is 8.70. The Kier molecular flexibility index (Phi) is 5.46. The highest BCUT2D eigenvalue weighted by atomic mass is 16.1. The van der Waals surface area contributed by atoms with Gasteiger partial charge >= 0.3 is 0 Å². The minimum Gasteiger partial charge on any atom is -0.341 e. The van der Waals surface area contributed by atoms with Gasteiger partial charge in [-0.2, -0.15) is 4.98 Å². The first-order valence-corrected chi connectivity index (χ1v) is 11.0. The van der Waals surface area contributed by atoms with Crippen LogP contribution in [-0.2, 0) is 11.3 Å². The maximum Gasteiger partial charge on any atom is 0.244 e. The zero-order valence-electron chi connectivity index (χ0n) is 18.1. The van der Waals surface area contributed by atoms with Crippen molar-refractivity contribution >= 4 is 40.0 Å². The summed E-state index contributed by atoms with van der Waals surface area (Å²) in [6.07, 6.45) is 4.32. The van der Waals surface area contributed by atoms with Crippen molar-refractivity contribution < 1.29 is 4.79 Å². The molecule has 4 aromatic rings. The molecule has 2 aromatic carbocycles. The number of amides is 1. The standard InChI is InChI=1S/C25H26N6O/c1-18-16-23(29-25(26-18)30-13-4-5-14-30)27-20-8-10-21(11-9-20)28-24(32)17-31-15-12-19-6-2-3-7-22(19)31/h2-3,6-12,15-16H,4-5,13-14,17H2,1H3,(H,28,32)(H,26,27,29). The van der Waals surface area contributed by atoms with Crippen LogP contribution < -0.4 is 15.5 Å². The summed E-state index contributed by atoms with van der Waals surface area (Å²) in [6, 6.07) is 19.7. The summed E-state index contributed by atoms with van der Waals surface area (Å²) in [4.78, 5) is 24.0. The van der Waals surface area contributed by atoms with E-state index in [1.807, 2.05) is 78.4 Å². The fourth-order valence-corrected chi connectivity index (χ4v) is 4.09. The van der Waals surface area contributed by atoms with Crippen molar-refractivity contribution in [2.24, 2.45) is 0 Å². The Morgan fingerprint density at radius 1 is 0.969 bits per heavy atom. The van der Waals surface area contributed by atoms with Crippen LogP contribution in [0, 0.1) is 6.92 Å². The SMILES string of the molecule is Cc1cc(Nc2ccc(NC(=O)Cn3ccc4ccccc43)cc2)nc(N2CCCC2)n1. The molecule has 1 fully saturated rings. The van der Waals surface area contributed by atoms with Gasteiger partial charge in [-0.3, -0.25) is 4.79 Å². The molecule has 7 heteroatoms. The van der Waals surface area contributed by atoms with E-state index in [4.69, 9.17) is 0 Å². The Morgan fingerprint density at radius 3 is 2.53 bits per heavy atom. The van der Waals surface area contributed by atoms with E-state index in [-0.39, 0.29) is 12.5 Å². The number of hydrogen-bond acceptors (Lipinski definition) is 5. The quantitative estimate of drug-likeness (QED) is 0.467. The number of nitrogens with one attached hydrogen (secondary N) is 2. The number of para-hydroxylation sites is 1. The molecule has 3 heterocycles. The van der Waals surface area contributed by atoms with Crippen LogP contribution in [0.5, 0.6) is 0 Å². The van der Waals surface area contributed by atoms with Crippen molar-refractivity contribution in [3.05, 3.63) is 72.6 Å². The minimum atomic E-state index is -0.0613. The molecule has 5 rings (SSSR count). The Bertz CT molecular complexity index is 1240. The van der Waals surface area contributed by atoms with Gasteiger partial charge in [0.05, 0.1) is 0 Å². The Labute approximate surface area is 187 Å². The van der Waals surface area contributed by atoms with Gasteiger partial charge in [-0.15, -0.1) is 0 Å². The molecule has 0 saturated carbocycles. The van der Waals surface area contributed by atoms with Crippen molar-refractivity contribution in [1.29, 1.82) is 0 Å². The van der Waals surface area contributed by atoms with Crippen LogP contribution in [-0.4, -0.2) is 33.5 Å². The highest BCUT2D eigenvalue weighted by Gasteiger charge is 2.16. The molecule has 0 bridgehead atoms. The molecule has 1 amide bonds. The number of carbonyl (C=O) groups is 1. The fourth-order valence-electron chi connectivity index (χ4n) is 4.09. The number of nitrogens with zero attached hydrogens (tertiary/aromatic N) is 4. The van der Waals surface area contributed by atoms with E-state index in [1.54, 1.807) is 0 Å². The Hall–Kier alpha value is -3.87. The van der Waals surface area contributed by atoms with Crippen molar-refractivity contribution in [3.8, 4) is 0 Å². The van der Waals surface area contributed by atoms with Crippen molar-refractivity contribution in [2.75, 3.05) is 28.6 Å². The maximum absolute atomic E-state index is 12.5. The van der Waals surface area contributed by atoms with Gasteiger partial charge in [-0.05, 0) is 61.5 Å². The van der Waals surface area contributed by atoms with E-state index in [0.29, 0.717) is 0 Å². The van der Waals surface area contributed by atoms with Crippen LogP contribution in [0.25, 0.3) is 10.9 Å². The number of hydrogen-bond donors (Lipinski definition) is 2. The third-order valence-corrected chi connectivity index (χ3v) is 5.67. The average Bonchev–Trinajstić information content (AvgIpc) is 3.46. The first-order chi connectivity index (χ1) is 15.6. The molecule has 0 unspecified atom stereocenters. The molecule has 7 nitrogen and oxygen atoms in total. The lowest BCUT2D eigenvalue weighted by Gasteiger charge is -2.17. The lowest BCUT2D eigenvalue weighted by atomic mass is 10.2. The van der Waals surface area contributed by atoms with Crippen molar-refractivity contribution in [1.82, 2.24) is 14.5 Å². The van der Waals surface area contributed by atoms with E-state index in [0.717, 1.165) is 52.8 Å². The van der Waals surface area contributed by atoms with Gasteiger partial charge in [0.2, 0.25) is 11.9 Å². The molecule has 162 valence electrons. The average molecular weight is 427 g/mol. The zero-order chi connectivity index (χ0) is 21.9. The molecule has 1 aliphatic rings. The largest absolute Gasteiger partial charge is 0.341 e. The zero-order valence-corrected chi connectivity index (χ0v) is 18.1. The van der Waals surface area contributed by atoms with Crippen LogP contribution in [0.4, 0.5) is 23.1 Å². The monoisotopic (exact) mass is 426 g/mol. The lowest BCUT2D eigenvalue weighted by molar-refractivity contribution is -0.116. The first-order valence-electron chi connectivity index (χ1n) is 11.0. The normalized spacial score (nSPS) is 13.5. The van der Waals surface area contributed by atoms with Crippen LogP contribution in [0.15, 0.2) is 66.9 Å². The number of aryl methyl sites for hydroxylation is 1. The molecular formula is C25H26N6O. The van der Waals surface area contributed by atoms with E-state index in [9.17, 15) is 4.79 Å². The lowest BCUT2D eigenvalue weighted by Crippen LogP contribution is -2.21. The molecule has 0 atom stereocenters. The highest BCUT2D eigenvalue weighted by Crippen LogP contribution is 2.22. The van der Waals surface area contributed by atoms with Crippen LogP contribution >= 0.6 is 0 Å². The second-order valence-corrected chi connectivity index (χ2v) is 8.14. The van der Waals surface area contributed by atoms with Gasteiger partial charge in [-0.25, -0.2) is 4.98 Å². The summed E-state index contributed by atoms with van der Waals surface area (Å²) in [5.74, 6) is 1.50. The molecule has 32 heavy (non-hydrogen) atoms. The molecule has 0 spiro atoms. The van der Waals surface area contributed by atoms with E-state index in [2.05, 4.69) is 25.5 Å². The number of benzene rings is 2. The summed E-state index contributed by atoms with van der Waals surface area (Å²) in [7, 11) is 0. The van der Waals surface area contributed by atoms with Crippen molar-refractivity contribution in [2.45, 2.75) is 26.3 Å². The molecule has 1 aliphatic heterocycles. The summed E-state index contributed by atoms with van der Waals surface area (Å²) >= 11 is 0. The molecule has 2 aromatic heterocycles. The van der Waals surface area contributed by atoms with Gasteiger partial charge in [0.1, 0.15) is 12.4 Å². The molecule has 0 radical (unpaired) electrons. The second-order valence-electron chi connectivity index (χ2n) is 8.14. The van der Waals surface area contributed by atoms with Gasteiger partial charge in [0, 0.05) is 47.9 Å². The van der Waals surface area contributed by atoms with Gasteiger partial charge in [0.15, 0.2) is 0 Å². The molecule has 2 N–H and O–H groups in total. The number of anilines is 4. The first kappa shape index (κ1) is 20.1. The predicted octanol–water partition coefficient (Wildman–Crippen LogP) is 4.72. The topological polar surface area (TPSA) is 75.1 Å². The minimum absolute atomic E-state index is 0.0613. The third kappa shape index (κ3) is 4.42. The summed E-state index contributed by atoms with van der Waals surface area (Å²) in [5, 5.41) is 7.45. The van der Waals surface area contributed by atoms with E-state index in [1.165, 1.54) is 12.8 Å². The number of fused-ring (bicyclic) bond motifs is 1. The predicted molar refractivity (Wildman–Crippen MR) is 129 cm³/mol. The van der Waals surface area contributed by atoms with E-state index >= 15 is 0 Å². The number of carbonyl (C=O) groups excluding carboxylic acids is 1. The molecule has 1 saturated heterocycles. The summed E-state index contributed by atoms with van der Waals surface area (Å²) < 4.78 is 1.95. The third-order valence-electron chi connectivity index (χ3n) is 5.67. The van der Waals surface area contributed by atoms with Crippen LogP contribution in [0.1, 0.15) is 18.5 Å². The van der Waals surface area contributed by atoms with Gasteiger partial charge in [-0.1, -0.05) is 18.2 Å². The number of rotatable bonds is 6. The van der Waals surface area contributed by atoms with Crippen LogP contribution in [0.3, 0.4) is 0 Å². The van der Waals surface area contributed by atoms with Gasteiger partial charge < -0.3 is 20.1 Å². The fraction of sp³-hybridized carbons (Fsp3) is 0.240. The Balaban J connectivity index is 1.23. The number of aromatic nitrogens is 3. The Morgan fingerprint density at radius 2 is 1.72 bits per heavy atom. The van der Waals surface area contributed by atoms with E-state index < -0.39 is 0 Å². The smallest absolute Gasteiger partial charge is 0.244 e. The molecule has 0 aliphatic carbocycles. The maximum atomic E-state index is 12.5. The van der Waals surface area contributed by atoms with Gasteiger partial charge in [0.25, 0.3) is 0 Å². The van der Waals surface area contributed by atoms with Crippen LogP contribution in [0.2, 0.25) is 0 Å².